The largest absolute Gasteiger partial charge is 0.456 e. The average molecular weight is 429 g/mol. The van der Waals surface area contributed by atoms with Gasteiger partial charge in [-0.05, 0) is 37.7 Å². The van der Waals surface area contributed by atoms with Crippen LogP contribution in [-0.2, 0) is 19.1 Å². The van der Waals surface area contributed by atoms with Crippen molar-refractivity contribution in [2.75, 3.05) is 19.7 Å². The Balaban J connectivity index is 1.71. The molecule has 2 amide bonds. The fourth-order valence-corrected chi connectivity index (χ4v) is 4.16. The molecule has 3 rings (SSSR count). The maximum atomic E-state index is 13.0. The number of benzene rings is 1. The zero-order valence-corrected chi connectivity index (χ0v) is 17.9. The minimum absolute atomic E-state index is 0.0490. The number of hydrogen-bond donors (Lipinski definition) is 2. The molecule has 31 heavy (non-hydrogen) atoms. The Bertz CT molecular complexity index is 779. The van der Waals surface area contributed by atoms with Crippen LogP contribution in [0.1, 0.15) is 56.6 Å². The molecule has 2 aliphatic rings. The zero-order valence-electron chi connectivity index (χ0n) is 17.9. The van der Waals surface area contributed by atoms with Gasteiger partial charge in [0, 0.05) is 19.4 Å². The number of amides is 2. The molecular formula is C24H32N2O5. The number of nitrogens with zero attached hydrogens (tertiary/aromatic N) is 1. The van der Waals surface area contributed by atoms with Crippen LogP contribution in [0.5, 0.6) is 0 Å². The van der Waals surface area contributed by atoms with E-state index in [0.717, 1.165) is 18.4 Å². The first-order chi connectivity index (χ1) is 15.1. The Labute approximate surface area is 183 Å². The molecule has 1 saturated heterocycles. The number of nitrogens with one attached hydrogen (secondary N) is 1. The molecule has 0 saturated carbocycles. The van der Waals surface area contributed by atoms with Crippen molar-refractivity contribution >= 4 is 17.8 Å². The number of aliphatic hydroxyl groups is 1. The van der Waals surface area contributed by atoms with Crippen LogP contribution in [0.2, 0.25) is 0 Å². The molecule has 0 unspecified atom stereocenters. The van der Waals surface area contributed by atoms with Crippen molar-refractivity contribution in [2.24, 2.45) is 5.92 Å². The fraction of sp³-hybridized carbons (Fsp3) is 0.542. The smallest absolute Gasteiger partial charge is 0.306 e. The number of carbonyl (C=O) groups is 3. The first kappa shape index (κ1) is 23.0. The fourth-order valence-electron chi connectivity index (χ4n) is 4.16. The normalized spacial score (nSPS) is 25.7. The summed E-state index contributed by atoms with van der Waals surface area (Å²) in [7, 11) is 0. The number of ether oxygens (including phenoxy) is 1. The van der Waals surface area contributed by atoms with Gasteiger partial charge in [-0.2, -0.15) is 0 Å². The molecule has 1 aromatic rings. The van der Waals surface area contributed by atoms with Gasteiger partial charge in [0.1, 0.15) is 6.10 Å². The molecule has 1 fully saturated rings. The van der Waals surface area contributed by atoms with E-state index in [-0.39, 0.29) is 43.4 Å². The molecule has 0 spiro atoms. The summed E-state index contributed by atoms with van der Waals surface area (Å²) in [4.78, 5) is 39.7. The SMILES string of the molecule is O=C1CCCC=CC[C@H](CC(=O)N2CCC[C@H]2CO)C(=O)NC[C@@H](c2ccccc2)O1. The van der Waals surface area contributed by atoms with Gasteiger partial charge in [0.25, 0.3) is 0 Å². The van der Waals surface area contributed by atoms with Crippen LogP contribution in [0.3, 0.4) is 0 Å². The second kappa shape index (κ2) is 11.6. The quantitative estimate of drug-likeness (QED) is 0.568. The molecule has 3 atom stereocenters. The Kier molecular flexibility index (Phi) is 8.64. The van der Waals surface area contributed by atoms with Crippen molar-refractivity contribution in [1.29, 1.82) is 0 Å². The van der Waals surface area contributed by atoms with Crippen molar-refractivity contribution in [2.45, 2.75) is 57.1 Å². The minimum atomic E-state index is -0.569. The van der Waals surface area contributed by atoms with Crippen LogP contribution in [-0.4, -0.2) is 53.5 Å². The maximum Gasteiger partial charge on any atom is 0.306 e. The number of esters is 1. The molecule has 7 nitrogen and oxygen atoms in total. The Hall–Kier alpha value is -2.67. The molecule has 1 aromatic carbocycles. The van der Waals surface area contributed by atoms with Gasteiger partial charge < -0.3 is 20.1 Å². The van der Waals surface area contributed by atoms with Crippen LogP contribution in [0, 0.1) is 5.92 Å². The Morgan fingerprint density at radius 2 is 1.97 bits per heavy atom. The van der Waals surface area contributed by atoms with E-state index in [1.54, 1.807) is 4.90 Å². The third-order valence-corrected chi connectivity index (χ3v) is 5.95. The second-order valence-electron chi connectivity index (χ2n) is 8.20. The summed E-state index contributed by atoms with van der Waals surface area (Å²) in [6.07, 6.45) is 7.24. The molecule has 0 bridgehead atoms. The summed E-state index contributed by atoms with van der Waals surface area (Å²) in [6, 6.07) is 9.20. The van der Waals surface area contributed by atoms with Gasteiger partial charge in [-0.25, -0.2) is 0 Å². The lowest BCUT2D eigenvalue weighted by Crippen LogP contribution is -2.41. The Morgan fingerprint density at radius 1 is 1.16 bits per heavy atom. The molecule has 0 radical (unpaired) electrons. The highest BCUT2D eigenvalue weighted by Gasteiger charge is 2.31. The van der Waals surface area contributed by atoms with Crippen LogP contribution in [0.4, 0.5) is 0 Å². The molecule has 168 valence electrons. The molecule has 0 aromatic heterocycles. The predicted molar refractivity (Wildman–Crippen MR) is 116 cm³/mol. The molecule has 0 aliphatic carbocycles. The van der Waals surface area contributed by atoms with Crippen molar-refractivity contribution in [3.63, 3.8) is 0 Å². The van der Waals surface area contributed by atoms with E-state index in [1.165, 1.54) is 0 Å². The Morgan fingerprint density at radius 3 is 2.74 bits per heavy atom. The lowest BCUT2D eigenvalue weighted by molar-refractivity contribution is -0.150. The van der Waals surface area contributed by atoms with Gasteiger partial charge >= 0.3 is 5.97 Å². The molecule has 2 N–H and O–H groups in total. The number of allylic oxidation sites excluding steroid dienone is 2. The number of rotatable bonds is 4. The number of cyclic esters (lactones) is 1. The van der Waals surface area contributed by atoms with Crippen LogP contribution in [0.25, 0.3) is 0 Å². The maximum absolute atomic E-state index is 13.0. The summed E-state index contributed by atoms with van der Waals surface area (Å²) in [5.41, 5.74) is 0.819. The van der Waals surface area contributed by atoms with Crippen molar-refractivity contribution in [3.8, 4) is 0 Å². The predicted octanol–water partition coefficient (Wildman–Crippen LogP) is 2.51. The molecule has 2 heterocycles. The van der Waals surface area contributed by atoms with Crippen molar-refractivity contribution in [3.05, 3.63) is 48.0 Å². The van der Waals surface area contributed by atoms with Gasteiger partial charge in [-0.3, -0.25) is 14.4 Å². The van der Waals surface area contributed by atoms with Crippen molar-refractivity contribution < 1.29 is 24.2 Å². The highest BCUT2D eigenvalue weighted by molar-refractivity contribution is 5.86. The average Bonchev–Trinajstić information content (AvgIpc) is 3.27. The van der Waals surface area contributed by atoms with E-state index in [4.69, 9.17) is 4.74 Å². The summed E-state index contributed by atoms with van der Waals surface area (Å²) in [6.45, 7) is 0.735. The topological polar surface area (TPSA) is 95.9 Å². The third kappa shape index (κ3) is 6.66. The summed E-state index contributed by atoms with van der Waals surface area (Å²) in [5.74, 6) is -1.11. The van der Waals surface area contributed by atoms with Gasteiger partial charge in [-0.15, -0.1) is 0 Å². The zero-order chi connectivity index (χ0) is 22.1. The first-order valence-corrected chi connectivity index (χ1v) is 11.2. The lowest BCUT2D eigenvalue weighted by atomic mass is 9.98. The highest BCUT2D eigenvalue weighted by Crippen LogP contribution is 2.22. The van der Waals surface area contributed by atoms with E-state index in [0.29, 0.717) is 32.2 Å². The van der Waals surface area contributed by atoms with Crippen molar-refractivity contribution in [1.82, 2.24) is 10.2 Å². The lowest BCUT2D eigenvalue weighted by Gasteiger charge is -2.25. The van der Waals surface area contributed by atoms with Gasteiger partial charge in [0.2, 0.25) is 11.8 Å². The first-order valence-electron chi connectivity index (χ1n) is 11.2. The van der Waals surface area contributed by atoms with E-state index in [2.05, 4.69) is 5.32 Å². The standard InChI is InChI=1S/C24H32N2O5/c27-17-20-12-8-14-26(20)22(28)15-19-11-4-1-2-7-13-23(29)31-21(16-25-24(19)30)18-9-5-3-6-10-18/h1,3-6,9-10,19-21,27H,2,7-8,11-17H2,(H,25,30)/t19-,20+,21+/m1/s1. The van der Waals surface area contributed by atoms with E-state index >= 15 is 0 Å². The monoisotopic (exact) mass is 428 g/mol. The summed E-state index contributed by atoms with van der Waals surface area (Å²) < 4.78 is 5.64. The molecular weight excluding hydrogens is 396 g/mol. The van der Waals surface area contributed by atoms with E-state index in [9.17, 15) is 19.5 Å². The minimum Gasteiger partial charge on any atom is -0.456 e. The van der Waals surface area contributed by atoms with Crippen LogP contribution in [0.15, 0.2) is 42.5 Å². The van der Waals surface area contributed by atoms with Gasteiger partial charge in [0.05, 0.1) is 25.1 Å². The highest BCUT2D eigenvalue weighted by atomic mass is 16.5. The van der Waals surface area contributed by atoms with Gasteiger partial charge in [0.15, 0.2) is 0 Å². The van der Waals surface area contributed by atoms with E-state index < -0.39 is 12.0 Å². The number of aliphatic hydroxyl groups excluding tert-OH is 1. The number of hydrogen-bond acceptors (Lipinski definition) is 5. The third-order valence-electron chi connectivity index (χ3n) is 5.95. The van der Waals surface area contributed by atoms with Crippen LogP contribution >= 0.6 is 0 Å². The van der Waals surface area contributed by atoms with Gasteiger partial charge in [-0.1, -0.05) is 42.5 Å². The summed E-state index contributed by atoms with van der Waals surface area (Å²) >= 11 is 0. The van der Waals surface area contributed by atoms with Crippen LogP contribution < -0.4 is 5.32 Å². The number of carbonyl (C=O) groups excluding carboxylic acids is 3. The molecule has 2 aliphatic heterocycles. The van der Waals surface area contributed by atoms with E-state index in [1.807, 2.05) is 42.5 Å². The molecule has 7 heteroatoms. The second-order valence-corrected chi connectivity index (χ2v) is 8.20. The number of likely N-dealkylation sites (tertiary alicyclic amines) is 1. The summed E-state index contributed by atoms with van der Waals surface area (Å²) in [5, 5.41) is 12.4.